The van der Waals surface area contributed by atoms with E-state index in [9.17, 15) is 18.4 Å². The first-order chi connectivity index (χ1) is 14.5. The van der Waals surface area contributed by atoms with E-state index in [1.807, 2.05) is 0 Å². The Kier molecular flexibility index (Phi) is 5.65. The molecule has 156 valence electrons. The molecule has 6 nitrogen and oxygen atoms in total. The maximum absolute atomic E-state index is 12.3. The number of alkyl halides is 2. The van der Waals surface area contributed by atoms with Crippen LogP contribution in [0, 0.1) is 0 Å². The molecule has 0 unspecified atom stereocenters. The van der Waals surface area contributed by atoms with Crippen molar-refractivity contribution in [3.8, 4) is 11.5 Å². The summed E-state index contributed by atoms with van der Waals surface area (Å²) in [5.41, 5.74) is 3.35. The van der Waals surface area contributed by atoms with Gasteiger partial charge < -0.3 is 19.7 Å². The quantitative estimate of drug-likeness (QED) is 0.456. The van der Waals surface area contributed by atoms with Crippen molar-refractivity contribution >= 4 is 23.3 Å². The molecule has 2 aromatic rings. The molecule has 1 amide bonds. The van der Waals surface area contributed by atoms with Crippen molar-refractivity contribution in [2.75, 3.05) is 23.3 Å². The molecule has 0 saturated carbocycles. The lowest BCUT2D eigenvalue weighted by molar-refractivity contribution is -0.131. The number of halogens is 2. The molecule has 4 rings (SSSR count). The Balaban J connectivity index is 1.31. The molecule has 30 heavy (non-hydrogen) atoms. The van der Waals surface area contributed by atoms with Crippen LogP contribution in [-0.4, -0.2) is 31.6 Å². The zero-order valence-electron chi connectivity index (χ0n) is 16.1. The summed E-state index contributed by atoms with van der Waals surface area (Å²) in [7, 11) is 0. The highest BCUT2D eigenvalue weighted by Gasteiger charge is 2.21. The van der Waals surface area contributed by atoms with Gasteiger partial charge in [-0.1, -0.05) is 11.6 Å². The molecule has 0 atom stereocenters. The van der Waals surface area contributed by atoms with E-state index in [0.29, 0.717) is 11.4 Å². The Hall–Kier alpha value is -3.42. The molecule has 1 saturated heterocycles. The van der Waals surface area contributed by atoms with Gasteiger partial charge in [0.15, 0.2) is 0 Å². The van der Waals surface area contributed by atoms with Gasteiger partial charge in [-0.05, 0) is 43.2 Å². The van der Waals surface area contributed by atoms with Gasteiger partial charge in [-0.15, -0.1) is 0 Å². The minimum atomic E-state index is -2.84. The van der Waals surface area contributed by atoms with Crippen LogP contribution in [0.5, 0.6) is 11.5 Å². The van der Waals surface area contributed by atoms with E-state index in [0.717, 1.165) is 42.8 Å². The maximum atomic E-state index is 12.3. The molecule has 0 aromatic heterocycles. The molecule has 0 spiro atoms. The standard InChI is InChI=1S/C22H20F2N2O4/c23-22(24)29-18-5-3-17(4-6-18)26-9-7-14(8-10-26)11-20(27)25-16-2-1-15-12-21(28)30-19(15)13-16/h1-6,11,13,22H,7-10,12H2,(H,25,27). The van der Waals surface area contributed by atoms with E-state index in [1.165, 1.54) is 12.1 Å². The van der Waals surface area contributed by atoms with Crippen LogP contribution in [0.2, 0.25) is 0 Å². The predicted molar refractivity (Wildman–Crippen MR) is 107 cm³/mol. The first kappa shape index (κ1) is 19.9. The first-order valence-electron chi connectivity index (χ1n) is 9.60. The van der Waals surface area contributed by atoms with Crippen LogP contribution in [0.4, 0.5) is 20.2 Å². The first-order valence-corrected chi connectivity index (χ1v) is 9.60. The summed E-state index contributed by atoms with van der Waals surface area (Å²) in [5.74, 6) is 0.0998. The maximum Gasteiger partial charge on any atom is 0.387 e. The molecule has 1 N–H and O–H groups in total. The number of nitrogens with zero attached hydrogens (tertiary/aromatic N) is 1. The smallest absolute Gasteiger partial charge is 0.387 e. The summed E-state index contributed by atoms with van der Waals surface area (Å²) in [6.45, 7) is -1.39. The predicted octanol–water partition coefficient (Wildman–Crippen LogP) is 3.91. The van der Waals surface area contributed by atoms with Crippen LogP contribution in [0.15, 0.2) is 54.1 Å². The van der Waals surface area contributed by atoms with Crippen molar-refractivity contribution in [1.82, 2.24) is 0 Å². The normalized spacial score (nSPS) is 15.6. The average Bonchev–Trinajstić information content (AvgIpc) is 3.08. The van der Waals surface area contributed by atoms with E-state index in [2.05, 4.69) is 15.0 Å². The number of hydrogen-bond donors (Lipinski definition) is 1. The third-order valence-electron chi connectivity index (χ3n) is 5.06. The summed E-state index contributed by atoms with van der Waals surface area (Å²) in [4.78, 5) is 25.8. The highest BCUT2D eigenvalue weighted by atomic mass is 19.3. The van der Waals surface area contributed by atoms with E-state index in [1.54, 1.807) is 36.4 Å². The monoisotopic (exact) mass is 414 g/mol. The summed E-state index contributed by atoms with van der Waals surface area (Å²) in [6, 6.07) is 11.7. The highest BCUT2D eigenvalue weighted by molar-refractivity contribution is 6.00. The van der Waals surface area contributed by atoms with Gasteiger partial charge in [0.2, 0.25) is 5.91 Å². The Morgan fingerprint density at radius 2 is 1.87 bits per heavy atom. The van der Waals surface area contributed by atoms with Gasteiger partial charge in [0.05, 0.1) is 6.42 Å². The average molecular weight is 414 g/mol. The second-order valence-electron chi connectivity index (χ2n) is 7.12. The number of hydrogen-bond acceptors (Lipinski definition) is 5. The van der Waals surface area contributed by atoms with E-state index >= 15 is 0 Å². The van der Waals surface area contributed by atoms with Gasteiger partial charge in [0, 0.05) is 42.2 Å². The number of amides is 1. The number of benzene rings is 2. The number of carbonyl (C=O) groups excluding carboxylic acids is 2. The molecule has 0 aliphatic carbocycles. The van der Waals surface area contributed by atoms with E-state index < -0.39 is 6.61 Å². The van der Waals surface area contributed by atoms with Crippen LogP contribution >= 0.6 is 0 Å². The minimum absolute atomic E-state index is 0.129. The molecule has 2 aromatic carbocycles. The van der Waals surface area contributed by atoms with Gasteiger partial charge >= 0.3 is 12.6 Å². The number of esters is 1. The van der Waals surface area contributed by atoms with Crippen molar-refractivity contribution in [3.63, 3.8) is 0 Å². The van der Waals surface area contributed by atoms with Gasteiger partial charge in [-0.3, -0.25) is 9.59 Å². The topological polar surface area (TPSA) is 67.9 Å². The minimum Gasteiger partial charge on any atom is -0.435 e. The summed E-state index contributed by atoms with van der Waals surface area (Å²) < 4.78 is 34.0. The van der Waals surface area contributed by atoms with Crippen molar-refractivity contribution in [3.05, 3.63) is 59.7 Å². The molecule has 2 aliphatic heterocycles. The number of anilines is 2. The van der Waals surface area contributed by atoms with E-state index in [4.69, 9.17) is 4.74 Å². The Bertz CT molecular complexity index is 979. The van der Waals surface area contributed by atoms with E-state index in [-0.39, 0.29) is 24.0 Å². The Labute approximate surface area is 172 Å². The zero-order chi connectivity index (χ0) is 21.1. The molecule has 8 heteroatoms. The fraction of sp³-hybridized carbons (Fsp3) is 0.273. The van der Waals surface area contributed by atoms with Gasteiger partial charge in [-0.2, -0.15) is 8.78 Å². The second-order valence-corrected chi connectivity index (χ2v) is 7.12. The summed E-state index contributed by atoms with van der Waals surface area (Å²) in [6.07, 6.45) is 3.32. The third-order valence-corrected chi connectivity index (χ3v) is 5.06. The number of nitrogens with one attached hydrogen (secondary N) is 1. The molecular formula is C22H20F2N2O4. The molecule has 2 heterocycles. The molecular weight excluding hydrogens is 394 g/mol. The molecule has 2 aliphatic rings. The van der Waals surface area contributed by atoms with Crippen LogP contribution in [0.3, 0.4) is 0 Å². The largest absolute Gasteiger partial charge is 0.435 e. The van der Waals surface area contributed by atoms with Gasteiger partial charge in [0.1, 0.15) is 11.5 Å². The SMILES string of the molecule is O=C(C=C1CCN(c2ccc(OC(F)F)cc2)CC1)Nc1ccc2c(c1)OC(=O)C2. The number of carbonyl (C=O) groups is 2. The number of fused-ring (bicyclic) bond motifs is 1. The van der Waals surface area contributed by atoms with Crippen LogP contribution in [-0.2, 0) is 16.0 Å². The molecule has 0 radical (unpaired) electrons. The number of piperidine rings is 1. The lowest BCUT2D eigenvalue weighted by Gasteiger charge is -2.30. The fourth-order valence-electron chi connectivity index (χ4n) is 3.59. The molecule has 1 fully saturated rings. The fourth-order valence-corrected chi connectivity index (χ4v) is 3.59. The number of rotatable bonds is 5. The summed E-state index contributed by atoms with van der Waals surface area (Å²) in [5, 5.41) is 2.80. The second kappa shape index (κ2) is 8.52. The highest BCUT2D eigenvalue weighted by Crippen LogP contribution is 2.29. The Morgan fingerprint density at radius 1 is 1.13 bits per heavy atom. The van der Waals surface area contributed by atoms with Crippen LogP contribution in [0.1, 0.15) is 18.4 Å². The number of ether oxygens (including phenoxy) is 2. The van der Waals surface area contributed by atoms with Crippen molar-refractivity contribution < 1.29 is 27.8 Å². The van der Waals surface area contributed by atoms with Crippen molar-refractivity contribution in [2.45, 2.75) is 25.9 Å². The lowest BCUT2D eigenvalue weighted by Crippen LogP contribution is -2.30. The third kappa shape index (κ3) is 4.76. The summed E-state index contributed by atoms with van der Waals surface area (Å²) >= 11 is 0. The van der Waals surface area contributed by atoms with Crippen LogP contribution in [0.25, 0.3) is 0 Å². The van der Waals surface area contributed by atoms with Crippen molar-refractivity contribution in [1.29, 1.82) is 0 Å². The Morgan fingerprint density at radius 3 is 2.57 bits per heavy atom. The van der Waals surface area contributed by atoms with Crippen molar-refractivity contribution in [2.24, 2.45) is 0 Å². The van der Waals surface area contributed by atoms with Gasteiger partial charge in [-0.25, -0.2) is 0 Å². The van der Waals surface area contributed by atoms with Gasteiger partial charge in [0.25, 0.3) is 0 Å². The molecule has 0 bridgehead atoms. The van der Waals surface area contributed by atoms with Crippen LogP contribution < -0.4 is 19.7 Å². The zero-order valence-corrected chi connectivity index (χ0v) is 16.1. The lowest BCUT2D eigenvalue weighted by atomic mass is 10.0.